The maximum absolute atomic E-state index is 12.1. The third kappa shape index (κ3) is 4.44. The molecule has 1 amide bonds. The number of rotatable bonds is 6. The van der Waals surface area contributed by atoms with E-state index in [1.165, 1.54) is 0 Å². The summed E-state index contributed by atoms with van der Waals surface area (Å²) in [5.74, 6) is -0.0504. The molecular formula is C16H24N2O3. The van der Waals surface area contributed by atoms with Crippen molar-refractivity contribution < 1.29 is 14.3 Å². The van der Waals surface area contributed by atoms with Crippen molar-refractivity contribution in [3.8, 4) is 0 Å². The minimum atomic E-state index is -0.0504. The molecule has 1 atom stereocenters. The summed E-state index contributed by atoms with van der Waals surface area (Å²) in [4.78, 5) is 15.7. The van der Waals surface area contributed by atoms with E-state index < -0.39 is 0 Å². The molecular weight excluding hydrogens is 268 g/mol. The molecule has 0 unspecified atom stereocenters. The van der Waals surface area contributed by atoms with Crippen LogP contribution in [-0.4, -0.2) is 53.0 Å². The zero-order valence-corrected chi connectivity index (χ0v) is 13.0. The second kappa shape index (κ2) is 7.43. The molecule has 21 heavy (non-hydrogen) atoms. The van der Waals surface area contributed by atoms with Crippen molar-refractivity contribution in [2.24, 2.45) is 0 Å². The molecule has 1 saturated heterocycles. The predicted molar refractivity (Wildman–Crippen MR) is 84.0 cm³/mol. The van der Waals surface area contributed by atoms with E-state index in [0.717, 1.165) is 30.8 Å². The van der Waals surface area contributed by atoms with Crippen molar-refractivity contribution in [2.45, 2.75) is 18.9 Å². The Hall–Kier alpha value is -1.59. The molecule has 0 bridgehead atoms. The van der Waals surface area contributed by atoms with Gasteiger partial charge in [0.2, 0.25) is 0 Å². The van der Waals surface area contributed by atoms with Crippen LogP contribution >= 0.6 is 0 Å². The molecule has 1 heterocycles. The Kier molecular flexibility index (Phi) is 5.59. The summed E-state index contributed by atoms with van der Waals surface area (Å²) in [6.07, 6.45) is 2.26. The molecule has 0 aliphatic carbocycles. The fraction of sp³-hybridized carbons (Fsp3) is 0.562. The maximum atomic E-state index is 12.1. The first kappa shape index (κ1) is 15.8. The SMILES string of the molecule is CN(C)c1ccc(N(C)C(=O)COC[C@@H]2CCCO2)cc1. The van der Waals surface area contributed by atoms with Crippen molar-refractivity contribution >= 4 is 17.3 Å². The molecule has 1 aliphatic rings. The number of likely N-dealkylation sites (N-methyl/N-ethyl adjacent to an activating group) is 1. The molecule has 0 N–H and O–H groups in total. The number of amides is 1. The van der Waals surface area contributed by atoms with E-state index in [0.29, 0.717) is 6.61 Å². The minimum Gasteiger partial charge on any atom is -0.378 e. The van der Waals surface area contributed by atoms with Gasteiger partial charge < -0.3 is 19.3 Å². The van der Waals surface area contributed by atoms with Crippen LogP contribution in [0.1, 0.15) is 12.8 Å². The molecule has 0 saturated carbocycles. The quantitative estimate of drug-likeness (QED) is 0.803. The van der Waals surface area contributed by atoms with Crippen molar-refractivity contribution in [3.63, 3.8) is 0 Å². The second-order valence-corrected chi connectivity index (χ2v) is 5.51. The summed E-state index contributed by atoms with van der Waals surface area (Å²) < 4.78 is 10.9. The van der Waals surface area contributed by atoms with Crippen LogP contribution in [0, 0.1) is 0 Å². The van der Waals surface area contributed by atoms with Gasteiger partial charge in [-0.1, -0.05) is 0 Å². The standard InChI is InChI=1S/C16H24N2O3/c1-17(2)13-6-8-14(9-7-13)18(3)16(19)12-20-11-15-5-4-10-21-15/h6-9,15H,4-5,10-12H2,1-3H3/t15-/m0/s1. The highest BCUT2D eigenvalue weighted by Crippen LogP contribution is 2.18. The Balaban J connectivity index is 1.80. The lowest BCUT2D eigenvalue weighted by Crippen LogP contribution is -2.31. The summed E-state index contributed by atoms with van der Waals surface area (Å²) in [5, 5.41) is 0. The highest BCUT2D eigenvalue weighted by Gasteiger charge is 2.17. The van der Waals surface area contributed by atoms with Gasteiger partial charge in [-0.3, -0.25) is 4.79 Å². The number of ether oxygens (including phenoxy) is 2. The molecule has 0 radical (unpaired) electrons. The lowest BCUT2D eigenvalue weighted by molar-refractivity contribution is -0.123. The van der Waals surface area contributed by atoms with Crippen LogP contribution in [0.4, 0.5) is 11.4 Å². The van der Waals surface area contributed by atoms with Crippen LogP contribution in [-0.2, 0) is 14.3 Å². The number of carbonyl (C=O) groups is 1. The van der Waals surface area contributed by atoms with Gasteiger partial charge in [-0.2, -0.15) is 0 Å². The average Bonchev–Trinajstić information content (AvgIpc) is 2.99. The Bertz CT molecular complexity index is 453. The van der Waals surface area contributed by atoms with Crippen LogP contribution in [0.25, 0.3) is 0 Å². The van der Waals surface area contributed by atoms with E-state index in [1.54, 1.807) is 11.9 Å². The summed E-state index contributed by atoms with van der Waals surface area (Å²) in [7, 11) is 5.74. The summed E-state index contributed by atoms with van der Waals surface area (Å²) in [6.45, 7) is 1.39. The van der Waals surface area contributed by atoms with Gasteiger partial charge in [0.25, 0.3) is 5.91 Å². The van der Waals surface area contributed by atoms with Crippen LogP contribution in [0.3, 0.4) is 0 Å². The van der Waals surface area contributed by atoms with E-state index in [2.05, 4.69) is 0 Å². The van der Waals surface area contributed by atoms with E-state index in [9.17, 15) is 4.79 Å². The van der Waals surface area contributed by atoms with Gasteiger partial charge in [0.15, 0.2) is 0 Å². The summed E-state index contributed by atoms with van der Waals surface area (Å²) in [6, 6.07) is 7.86. The second-order valence-electron chi connectivity index (χ2n) is 5.51. The first-order valence-electron chi connectivity index (χ1n) is 7.31. The Morgan fingerprint density at radius 1 is 1.24 bits per heavy atom. The van der Waals surface area contributed by atoms with Crippen LogP contribution in [0.15, 0.2) is 24.3 Å². The lowest BCUT2D eigenvalue weighted by atomic mass is 10.2. The zero-order chi connectivity index (χ0) is 15.2. The van der Waals surface area contributed by atoms with Gasteiger partial charge in [-0.05, 0) is 37.1 Å². The number of benzene rings is 1. The molecule has 5 nitrogen and oxygen atoms in total. The Morgan fingerprint density at radius 2 is 1.90 bits per heavy atom. The maximum Gasteiger partial charge on any atom is 0.252 e. The molecule has 5 heteroatoms. The Morgan fingerprint density at radius 3 is 2.48 bits per heavy atom. The van der Waals surface area contributed by atoms with Gasteiger partial charge in [0, 0.05) is 39.1 Å². The zero-order valence-electron chi connectivity index (χ0n) is 13.0. The molecule has 0 spiro atoms. The lowest BCUT2D eigenvalue weighted by Gasteiger charge is -2.19. The van der Waals surface area contributed by atoms with E-state index >= 15 is 0 Å². The van der Waals surface area contributed by atoms with Crippen LogP contribution in [0.5, 0.6) is 0 Å². The number of hydrogen-bond donors (Lipinski definition) is 0. The van der Waals surface area contributed by atoms with Crippen molar-refractivity contribution in [1.29, 1.82) is 0 Å². The van der Waals surface area contributed by atoms with Crippen molar-refractivity contribution in [3.05, 3.63) is 24.3 Å². The van der Waals surface area contributed by atoms with Gasteiger partial charge in [0.05, 0.1) is 12.7 Å². The van der Waals surface area contributed by atoms with Gasteiger partial charge in [-0.15, -0.1) is 0 Å². The largest absolute Gasteiger partial charge is 0.378 e. The topological polar surface area (TPSA) is 42.0 Å². The highest BCUT2D eigenvalue weighted by atomic mass is 16.5. The van der Waals surface area contributed by atoms with E-state index in [1.807, 2.05) is 43.3 Å². The number of anilines is 2. The molecule has 1 aromatic carbocycles. The molecule has 0 aromatic heterocycles. The van der Waals surface area contributed by atoms with Crippen LogP contribution < -0.4 is 9.80 Å². The third-order valence-corrected chi connectivity index (χ3v) is 3.68. The first-order valence-corrected chi connectivity index (χ1v) is 7.31. The Labute approximate surface area is 126 Å². The van der Waals surface area contributed by atoms with Gasteiger partial charge in [-0.25, -0.2) is 0 Å². The molecule has 1 aliphatic heterocycles. The van der Waals surface area contributed by atoms with E-state index in [-0.39, 0.29) is 18.6 Å². The monoisotopic (exact) mass is 292 g/mol. The molecule has 2 rings (SSSR count). The molecule has 116 valence electrons. The predicted octanol–water partition coefficient (Wildman–Crippen LogP) is 1.91. The number of nitrogens with zero attached hydrogens (tertiary/aromatic N) is 2. The number of hydrogen-bond acceptors (Lipinski definition) is 4. The normalized spacial score (nSPS) is 17.8. The van der Waals surface area contributed by atoms with Crippen LogP contribution in [0.2, 0.25) is 0 Å². The minimum absolute atomic E-state index is 0.0504. The first-order chi connectivity index (χ1) is 10.1. The molecule has 1 aromatic rings. The highest BCUT2D eigenvalue weighted by molar-refractivity contribution is 5.93. The summed E-state index contributed by atoms with van der Waals surface area (Å²) in [5.41, 5.74) is 1.97. The van der Waals surface area contributed by atoms with E-state index in [4.69, 9.17) is 9.47 Å². The van der Waals surface area contributed by atoms with Crippen molar-refractivity contribution in [2.75, 3.05) is 50.8 Å². The fourth-order valence-corrected chi connectivity index (χ4v) is 2.27. The van der Waals surface area contributed by atoms with Crippen molar-refractivity contribution in [1.82, 2.24) is 0 Å². The fourth-order valence-electron chi connectivity index (χ4n) is 2.27. The summed E-state index contributed by atoms with van der Waals surface area (Å²) >= 11 is 0. The third-order valence-electron chi connectivity index (χ3n) is 3.68. The smallest absolute Gasteiger partial charge is 0.252 e. The van der Waals surface area contributed by atoms with Gasteiger partial charge >= 0.3 is 0 Å². The van der Waals surface area contributed by atoms with Gasteiger partial charge in [0.1, 0.15) is 6.61 Å². The number of carbonyl (C=O) groups excluding carboxylic acids is 1. The molecule has 1 fully saturated rings. The average molecular weight is 292 g/mol.